The molecule has 0 saturated carbocycles. The minimum absolute atomic E-state index is 0.560. The second-order valence-corrected chi connectivity index (χ2v) is 4.20. The number of nitrogens with one attached hydrogen (secondary N) is 1. The van der Waals surface area contributed by atoms with Crippen molar-refractivity contribution >= 4 is 21.9 Å². The smallest absolute Gasteiger partial charge is 0.263 e. The SMILES string of the molecule is CCn1nnc(NCc2ccc(Br)cc2)n1. The van der Waals surface area contributed by atoms with Crippen LogP contribution < -0.4 is 5.32 Å². The van der Waals surface area contributed by atoms with Crippen molar-refractivity contribution in [2.75, 3.05) is 5.32 Å². The van der Waals surface area contributed by atoms with Crippen molar-refractivity contribution in [2.24, 2.45) is 0 Å². The average Bonchev–Trinajstić information content (AvgIpc) is 2.76. The van der Waals surface area contributed by atoms with Gasteiger partial charge < -0.3 is 5.32 Å². The average molecular weight is 282 g/mol. The van der Waals surface area contributed by atoms with Crippen LogP contribution >= 0.6 is 15.9 Å². The van der Waals surface area contributed by atoms with E-state index in [1.165, 1.54) is 5.56 Å². The molecule has 2 rings (SSSR count). The van der Waals surface area contributed by atoms with E-state index in [-0.39, 0.29) is 0 Å². The van der Waals surface area contributed by atoms with Crippen molar-refractivity contribution in [2.45, 2.75) is 20.0 Å². The minimum atomic E-state index is 0.560. The first-order valence-electron chi connectivity index (χ1n) is 5.04. The maximum Gasteiger partial charge on any atom is 0.263 e. The van der Waals surface area contributed by atoms with Crippen LogP contribution in [0.25, 0.3) is 0 Å². The second kappa shape index (κ2) is 5.07. The van der Waals surface area contributed by atoms with Gasteiger partial charge in [0.15, 0.2) is 0 Å². The Hall–Kier alpha value is -1.43. The summed E-state index contributed by atoms with van der Waals surface area (Å²) in [5, 5.41) is 15.0. The van der Waals surface area contributed by atoms with Gasteiger partial charge >= 0.3 is 0 Å². The first kappa shape index (κ1) is 11.1. The van der Waals surface area contributed by atoms with E-state index < -0.39 is 0 Å². The highest BCUT2D eigenvalue weighted by Crippen LogP contribution is 2.11. The molecule has 2 aromatic rings. The third-order valence-corrected chi connectivity index (χ3v) is 2.63. The summed E-state index contributed by atoms with van der Waals surface area (Å²) in [6.07, 6.45) is 0. The molecule has 0 saturated heterocycles. The predicted molar refractivity (Wildman–Crippen MR) is 65.0 cm³/mol. The van der Waals surface area contributed by atoms with E-state index in [9.17, 15) is 0 Å². The molecule has 1 aromatic carbocycles. The zero-order valence-electron chi connectivity index (χ0n) is 8.89. The van der Waals surface area contributed by atoms with Crippen molar-refractivity contribution in [3.05, 3.63) is 34.3 Å². The summed E-state index contributed by atoms with van der Waals surface area (Å²) < 4.78 is 1.08. The van der Waals surface area contributed by atoms with Crippen molar-refractivity contribution < 1.29 is 0 Å². The van der Waals surface area contributed by atoms with Crippen molar-refractivity contribution in [1.82, 2.24) is 20.2 Å². The van der Waals surface area contributed by atoms with Crippen LogP contribution in [0.3, 0.4) is 0 Å². The first-order chi connectivity index (χ1) is 7.78. The summed E-state index contributed by atoms with van der Waals surface area (Å²) in [6.45, 7) is 3.40. The maximum absolute atomic E-state index is 4.14. The molecule has 0 amide bonds. The fraction of sp³-hybridized carbons (Fsp3) is 0.300. The molecule has 0 unspecified atom stereocenters. The van der Waals surface area contributed by atoms with E-state index in [4.69, 9.17) is 0 Å². The fourth-order valence-corrected chi connectivity index (χ4v) is 1.50. The Morgan fingerprint density at radius 1 is 1.31 bits per heavy atom. The van der Waals surface area contributed by atoms with Gasteiger partial charge in [0.2, 0.25) is 0 Å². The number of tetrazole rings is 1. The molecule has 0 fully saturated rings. The van der Waals surface area contributed by atoms with Gasteiger partial charge in [-0.1, -0.05) is 33.2 Å². The van der Waals surface area contributed by atoms with Gasteiger partial charge in [-0.2, -0.15) is 4.80 Å². The molecule has 0 atom stereocenters. The van der Waals surface area contributed by atoms with E-state index in [2.05, 4.69) is 36.7 Å². The van der Waals surface area contributed by atoms with Gasteiger partial charge in [0.25, 0.3) is 5.95 Å². The van der Waals surface area contributed by atoms with Gasteiger partial charge in [0.1, 0.15) is 0 Å². The topological polar surface area (TPSA) is 55.6 Å². The largest absolute Gasteiger partial charge is 0.348 e. The van der Waals surface area contributed by atoms with Crippen LogP contribution in [0.5, 0.6) is 0 Å². The summed E-state index contributed by atoms with van der Waals surface area (Å²) >= 11 is 3.40. The standard InChI is InChI=1S/C10H12BrN5/c1-2-16-14-10(13-15-16)12-7-8-3-5-9(11)6-4-8/h3-6H,2,7H2,1H3,(H,12,14). The Balaban J connectivity index is 1.94. The third kappa shape index (κ3) is 2.79. The number of anilines is 1. The molecular formula is C10H12BrN5. The Kier molecular flexibility index (Phi) is 3.51. The third-order valence-electron chi connectivity index (χ3n) is 2.10. The van der Waals surface area contributed by atoms with Gasteiger partial charge in [-0.3, -0.25) is 0 Å². The number of hydrogen-bond acceptors (Lipinski definition) is 4. The summed E-state index contributed by atoms with van der Waals surface area (Å²) in [4.78, 5) is 1.55. The predicted octanol–water partition coefficient (Wildman–Crippen LogP) is 2.07. The van der Waals surface area contributed by atoms with Crippen LogP contribution in [0.15, 0.2) is 28.7 Å². The number of aromatic nitrogens is 4. The van der Waals surface area contributed by atoms with Crippen LogP contribution in [-0.2, 0) is 13.1 Å². The van der Waals surface area contributed by atoms with Gasteiger partial charge in [-0.05, 0) is 29.8 Å². The molecular weight excluding hydrogens is 270 g/mol. The number of halogens is 1. The summed E-state index contributed by atoms with van der Waals surface area (Å²) in [5.41, 5.74) is 1.18. The minimum Gasteiger partial charge on any atom is -0.348 e. The molecule has 6 heteroatoms. The molecule has 0 spiro atoms. The van der Waals surface area contributed by atoms with Crippen LogP contribution in [-0.4, -0.2) is 20.2 Å². The lowest BCUT2D eigenvalue weighted by Crippen LogP contribution is -2.02. The normalized spacial score (nSPS) is 10.4. The highest BCUT2D eigenvalue weighted by Gasteiger charge is 2.00. The summed E-state index contributed by atoms with van der Waals surface area (Å²) in [7, 11) is 0. The number of benzene rings is 1. The zero-order valence-corrected chi connectivity index (χ0v) is 10.5. The van der Waals surface area contributed by atoms with E-state index in [1.54, 1.807) is 4.80 Å². The molecule has 0 aliphatic rings. The van der Waals surface area contributed by atoms with E-state index in [1.807, 2.05) is 31.2 Å². The Morgan fingerprint density at radius 2 is 2.06 bits per heavy atom. The fourth-order valence-electron chi connectivity index (χ4n) is 1.23. The van der Waals surface area contributed by atoms with Gasteiger partial charge in [-0.15, -0.1) is 5.10 Å². The van der Waals surface area contributed by atoms with Crippen molar-refractivity contribution in [3.8, 4) is 0 Å². The molecule has 1 N–H and O–H groups in total. The Bertz CT molecular complexity index is 450. The van der Waals surface area contributed by atoms with Crippen molar-refractivity contribution in [1.29, 1.82) is 0 Å². The number of aryl methyl sites for hydroxylation is 1. The van der Waals surface area contributed by atoms with Gasteiger partial charge in [0.05, 0.1) is 6.54 Å². The summed E-state index contributed by atoms with van der Waals surface area (Å²) in [6, 6.07) is 8.10. The Morgan fingerprint density at radius 3 is 2.69 bits per heavy atom. The molecule has 1 heterocycles. The molecule has 0 aliphatic carbocycles. The zero-order chi connectivity index (χ0) is 11.4. The van der Waals surface area contributed by atoms with Crippen molar-refractivity contribution in [3.63, 3.8) is 0 Å². The van der Waals surface area contributed by atoms with E-state index in [0.29, 0.717) is 12.5 Å². The quantitative estimate of drug-likeness (QED) is 0.932. The lowest BCUT2D eigenvalue weighted by atomic mass is 10.2. The number of hydrogen-bond donors (Lipinski definition) is 1. The lowest BCUT2D eigenvalue weighted by molar-refractivity contribution is 0.552. The molecule has 0 aliphatic heterocycles. The maximum atomic E-state index is 4.14. The Labute approximate surface area is 102 Å². The molecule has 16 heavy (non-hydrogen) atoms. The van der Waals surface area contributed by atoms with Gasteiger partial charge in [0, 0.05) is 11.0 Å². The van der Waals surface area contributed by atoms with Crippen LogP contribution in [0.1, 0.15) is 12.5 Å². The monoisotopic (exact) mass is 281 g/mol. The van der Waals surface area contributed by atoms with Crippen LogP contribution in [0.2, 0.25) is 0 Å². The molecule has 0 radical (unpaired) electrons. The molecule has 0 bridgehead atoms. The molecule has 5 nitrogen and oxygen atoms in total. The second-order valence-electron chi connectivity index (χ2n) is 3.28. The first-order valence-corrected chi connectivity index (χ1v) is 5.83. The number of rotatable bonds is 4. The molecule has 1 aromatic heterocycles. The summed E-state index contributed by atoms with van der Waals surface area (Å²) in [5.74, 6) is 0.560. The molecule has 84 valence electrons. The van der Waals surface area contributed by atoms with Gasteiger partial charge in [-0.25, -0.2) is 0 Å². The van der Waals surface area contributed by atoms with E-state index >= 15 is 0 Å². The van der Waals surface area contributed by atoms with Crippen LogP contribution in [0.4, 0.5) is 5.95 Å². The lowest BCUT2D eigenvalue weighted by Gasteiger charge is -2.01. The van der Waals surface area contributed by atoms with E-state index in [0.717, 1.165) is 11.0 Å². The highest BCUT2D eigenvalue weighted by molar-refractivity contribution is 9.10. The highest BCUT2D eigenvalue weighted by atomic mass is 79.9. The van der Waals surface area contributed by atoms with Crippen LogP contribution in [0, 0.1) is 0 Å². The number of nitrogens with zero attached hydrogens (tertiary/aromatic N) is 4.